The fourth-order valence-corrected chi connectivity index (χ4v) is 3.24. The third-order valence-corrected chi connectivity index (χ3v) is 4.70. The molecule has 146 valence electrons. The Morgan fingerprint density at radius 3 is 2.71 bits per heavy atom. The second kappa shape index (κ2) is 9.27. The minimum absolute atomic E-state index is 0.0346. The summed E-state index contributed by atoms with van der Waals surface area (Å²) in [5.41, 5.74) is 0.683. The van der Waals surface area contributed by atoms with Gasteiger partial charge in [-0.3, -0.25) is 18.8 Å². The van der Waals surface area contributed by atoms with Gasteiger partial charge in [-0.25, -0.2) is 4.98 Å². The van der Waals surface area contributed by atoms with E-state index in [9.17, 15) is 14.4 Å². The highest BCUT2D eigenvalue weighted by Gasteiger charge is 2.12. The molecule has 0 aliphatic heterocycles. The van der Waals surface area contributed by atoms with Crippen molar-refractivity contribution in [1.29, 1.82) is 0 Å². The summed E-state index contributed by atoms with van der Waals surface area (Å²) in [6.45, 7) is 2.55. The summed E-state index contributed by atoms with van der Waals surface area (Å²) in [7, 11) is 0. The number of hydrogen-bond acceptors (Lipinski definition) is 7. The molecule has 0 saturated carbocycles. The molecule has 2 aromatic heterocycles. The van der Waals surface area contributed by atoms with E-state index in [1.807, 2.05) is 6.92 Å². The average Bonchev–Trinajstić information content (AvgIpc) is 3.18. The predicted molar refractivity (Wildman–Crippen MR) is 105 cm³/mol. The van der Waals surface area contributed by atoms with Crippen LogP contribution in [0, 0.1) is 0 Å². The van der Waals surface area contributed by atoms with Gasteiger partial charge in [0.1, 0.15) is 12.4 Å². The number of fused-ring (bicyclic) bond motifs is 1. The zero-order chi connectivity index (χ0) is 19.9. The molecule has 2 heterocycles. The van der Waals surface area contributed by atoms with Crippen LogP contribution in [0.4, 0.5) is 0 Å². The quantitative estimate of drug-likeness (QED) is 0.405. The summed E-state index contributed by atoms with van der Waals surface area (Å²) < 4.78 is 12.0. The summed E-state index contributed by atoms with van der Waals surface area (Å²) in [6.07, 6.45) is 2.56. The molecule has 7 nitrogen and oxygen atoms in total. The molecule has 0 aliphatic carbocycles. The van der Waals surface area contributed by atoms with Crippen LogP contribution < -0.4 is 10.3 Å². The third kappa shape index (κ3) is 5.04. The molecule has 0 fully saturated rings. The Morgan fingerprint density at radius 2 is 1.96 bits per heavy atom. The number of nitrogens with zero attached hydrogens (tertiary/aromatic N) is 2. The molecule has 0 radical (unpaired) electrons. The maximum Gasteiger partial charge on any atom is 0.306 e. The molecule has 3 aromatic rings. The highest BCUT2D eigenvalue weighted by Crippen LogP contribution is 2.15. The lowest BCUT2D eigenvalue weighted by atomic mass is 10.1. The van der Waals surface area contributed by atoms with Crippen molar-refractivity contribution in [2.45, 2.75) is 32.8 Å². The summed E-state index contributed by atoms with van der Waals surface area (Å²) in [6, 6.07) is 8.19. The summed E-state index contributed by atoms with van der Waals surface area (Å²) >= 11 is 1.32. The van der Waals surface area contributed by atoms with Gasteiger partial charge in [0.15, 0.2) is 10.7 Å². The molecule has 0 spiro atoms. The molecule has 28 heavy (non-hydrogen) atoms. The molecular formula is C20H20N2O5S. The molecule has 8 heteroatoms. The highest BCUT2D eigenvalue weighted by molar-refractivity contribution is 7.15. The maximum absolute atomic E-state index is 12.2. The van der Waals surface area contributed by atoms with Crippen LogP contribution in [0.2, 0.25) is 0 Å². The topological polar surface area (TPSA) is 87.0 Å². The van der Waals surface area contributed by atoms with Crippen LogP contribution in [-0.2, 0) is 16.1 Å². The minimum Gasteiger partial charge on any atom is -0.494 e. The Hall–Kier alpha value is -3.00. The number of aromatic nitrogens is 2. The number of thiazole rings is 1. The number of esters is 1. The van der Waals surface area contributed by atoms with Crippen LogP contribution in [0.5, 0.6) is 5.75 Å². The Kier molecular flexibility index (Phi) is 6.54. The normalized spacial score (nSPS) is 10.8. The molecule has 0 unspecified atom stereocenters. The van der Waals surface area contributed by atoms with Crippen molar-refractivity contribution in [3.63, 3.8) is 0 Å². The van der Waals surface area contributed by atoms with E-state index in [4.69, 9.17) is 9.47 Å². The Morgan fingerprint density at radius 1 is 1.18 bits per heavy atom. The van der Waals surface area contributed by atoms with E-state index in [1.165, 1.54) is 21.8 Å². The van der Waals surface area contributed by atoms with Gasteiger partial charge in [-0.15, -0.1) is 11.3 Å². The van der Waals surface area contributed by atoms with Crippen molar-refractivity contribution in [3.05, 3.63) is 63.5 Å². The molecule has 1 aromatic carbocycles. The molecular weight excluding hydrogens is 380 g/mol. The minimum atomic E-state index is -0.510. The molecule has 0 amide bonds. The second-order valence-electron chi connectivity index (χ2n) is 6.10. The van der Waals surface area contributed by atoms with Crippen LogP contribution in [-0.4, -0.2) is 27.7 Å². The molecule has 0 atom stereocenters. The van der Waals surface area contributed by atoms with Gasteiger partial charge >= 0.3 is 5.97 Å². The average molecular weight is 400 g/mol. The van der Waals surface area contributed by atoms with Gasteiger partial charge in [0.2, 0.25) is 0 Å². The Labute approximate surface area is 165 Å². The number of rotatable bonds is 9. The fraction of sp³-hybridized carbons (Fsp3) is 0.300. The molecule has 0 saturated heterocycles. The van der Waals surface area contributed by atoms with Crippen LogP contribution in [0.25, 0.3) is 4.96 Å². The number of carbonyl (C=O) groups is 2. The zero-order valence-corrected chi connectivity index (χ0v) is 16.2. The van der Waals surface area contributed by atoms with E-state index in [2.05, 4.69) is 4.98 Å². The van der Waals surface area contributed by atoms with Gasteiger partial charge in [0, 0.05) is 29.6 Å². The van der Waals surface area contributed by atoms with Crippen molar-refractivity contribution in [1.82, 2.24) is 9.38 Å². The van der Waals surface area contributed by atoms with Crippen molar-refractivity contribution in [3.8, 4) is 5.75 Å². The number of ketones is 1. The summed E-state index contributed by atoms with van der Waals surface area (Å²) in [5, 5.41) is 1.76. The Bertz CT molecular complexity index is 1020. The van der Waals surface area contributed by atoms with Crippen LogP contribution in [0.15, 0.2) is 46.7 Å². The van der Waals surface area contributed by atoms with Crippen LogP contribution in [0.1, 0.15) is 42.2 Å². The third-order valence-electron chi connectivity index (χ3n) is 3.94. The highest BCUT2D eigenvalue weighted by atomic mass is 32.1. The molecule has 0 aliphatic rings. The summed E-state index contributed by atoms with van der Waals surface area (Å²) in [4.78, 5) is 40.8. The van der Waals surface area contributed by atoms with E-state index in [0.717, 1.165) is 6.42 Å². The number of ether oxygens (including phenoxy) is 2. The number of benzene rings is 1. The van der Waals surface area contributed by atoms with E-state index < -0.39 is 5.97 Å². The lowest BCUT2D eigenvalue weighted by Crippen LogP contribution is -2.15. The zero-order valence-electron chi connectivity index (χ0n) is 15.4. The van der Waals surface area contributed by atoms with Crippen LogP contribution >= 0.6 is 11.3 Å². The van der Waals surface area contributed by atoms with Crippen molar-refractivity contribution >= 4 is 28.1 Å². The first-order valence-electron chi connectivity index (χ1n) is 8.94. The Balaban J connectivity index is 1.48. The number of Topliss-reactive ketones (excluding diaryl/α,β-unsaturated/α-hetero) is 1. The number of hydrogen-bond donors (Lipinski definition) is 0. The van der Waals surface area contributed by atoms with Gasteiger partial charge < -0.3 is 9.47 Å². The SMILES string of the molecule is CCCOc1ccc(C(=O)CCC(=O)OCc2cc(=O)n3ccsc3n2)cc1. The van der Waals surface area contributed by atoms with E-state index in [-0.39, 0.29) is 30.8 Å². The molecule has 0 bridgehead atoms. The predicted octanol–water partition coefficient (Wildman–Crippen LogP) is 3.25. The number of carbonyl (C=O) groups excluding carboxylic acids is 2. The standard InChI is InChI=1S/C20H20N2O5S/c1-2-10-26-16-5-3-14(4-6-16)17(23)7-8-19(25)27-13-15-12-18(24)22-9-11-28-20(22)21-15/h3-6,9,11-12H,2,7-8,10,13H2,1H3. The lowest BCUT2D eigenvalue weighted by Gasteiger charge is -2.06. The van der Waals surface area contributed by atoms with Crippen molar-refractivity contribution < 1.29 is 19.1 Å². The van der Waals surface area contributed by atoms with Gasteiger partial charge in [0.25, 0.3) is 5.56 Å². The first kappa shape index (κ1) is 19.8. The van der Waals surface area contributed by atoms with E-state index in [0.29, 0.717) is 28.6 Å². The fourth-order valence-electron chi connectivity index (χ4n) is 2.51. The van der Waals surface area contributed by atoms with Crippen molar-refractivity contribution in [2.24, 2.45) is 0 Å². The summed E-state index contributed by atoms with van der Waals surface area (Å²) in [5.74, 6) is 0.0590. The first-order valence-corrected chi connectivity index (χ1v) is 9.82. The lowest BCUT2D eigenvalue weighted by molar-refractivity contribution is -0.145. The monoisotopic (exact) mass is 400 g/mol. The first-order chi connectivity index (χ1) is 13.6. The van der Waals surface area contributed by atoms with Gasteiger partial charge in [-0.05, 0) is 30.7 Å². The largest absolute Gasteiger partial charge is 0.494 e. The second-order valence-corrected chi connectivity index (χ2v) is 6.97. The van der Waals surface area contributed by atoms with E-state index >= 15 is 0 Å². The van der Waals surface area contributed by atoms with Gasteiger partial charge in [-0.2, -0.15) is 0 Å². The maximum atomic E-state index is 12.2. The molecule has 3 rings (SSSR count). The molecule has 0 N–H and O–H groups in total. The van der Waals surface area contributed by atoms with E-state index in [1.54, 1.807) is 35.8 Å². The van der Waals surface area contributed by atoms with Gasteiger partial charge in [-0.1, -0.05) is 6.92 Å². The van der Waals surface area contributed by atoms with Gasteiger partial charge in [0.05, 0.1) is 18.7 Å². The van der Waals surface area contributed by atoms with Crippen LogP contribution in [0.3, 0.4) is 0 Å². The smallest absolute Gasteiger partial charge is 0.306 e. The van der Waals surface area contributed by atoms with Crippen molar-refractivity contribution in [2.75, 3.05) is 6.61 Å².